The fourth-order valence-corrected chi connectivity index (χ4v) is 1.43. The summed E-state index contributed by atoms with van der Waals surface area (Å²) in [7, 11) is 0. The van der Waals surface area contributed by atoms with Crippen molar-refractivity contribution in [1.29, 1.82) is 0 Å². The molecule has 16 heavy (non-hydrogen) atoms. The molecule has 0 unspecified atom stereocenters. The van der Waals surface area contributed by atoms with Crippen molar-refractivity contribution in [2.45, 2.75) is 6.92 Å². The van der Waals surface area contributed by atoms with Crippen molar-refractivity contribution < 1.29 is 9.53 Å². The first-order valence-corrected chi connectivity index (χ1v) is 5.44. The number of anilines is 2. The Kier molecular flexibility index (Phi) is 4.71. The molecule has 1 aromatic rings. The highest BCUT2D eigenvalue weighted by molar-refractivity contribution is 6.42. The zero-order valence-electron chi connectivity index (χ0n) is 8.72. The first-order valence-electron chi connectivity index (χ1n) is 4.68. The van der Waals surface area contributed by atoms with Gasteiger partial charge in [0.1, 0.15) is 6.54 Å². The van der Waals surface area contributed by atoms with E-state index in [-0.39, 0.29) is 12.5 Å². The van der Waals surface area contributed by atoms with Crippen LogP contribution in [0, 0.1) is 0 Å². The molecule has 6 heteroatoms. The Labute approximate surface area is 104 Å². The number of hydrogen-bond donors (Lipinski definition) is 2. The molecule has 0 amide bonds. The second-order valence-corrected chi connectivity index (χ2v) is 3.83. The van der Waals surface area contributed by atoms with Crippen LogP contribution in [0.15, 0.2) is 12.1 Å². The maximum Gasteiger partial charge on any atom is 0.325 e. The van der Waals surface area contributed by atoms with Crippen LogP contribution < -0.4 is 11.1 Å². The first-order chi connectivity index (χ1) is 7.54. The maximum atomic E-state index is 11.1. The molecular weight excluding hydrogens is 251 g/mol. The molecule has 3 N–H and O–H groups in total. The summed E-state index contributed by atoms with van der Waals surface area (Å²) in [5.41, 5.74) is 6.68. The van der Waals surface area contributed by atoms with Crippen molar-refractivity contribution in [2.24, 2.45) is 0 Å². The van der Waals surface area contributed by atoms with Gasteiger partial charge < -0.3 is 15.8 Å². The molecule has 0 bridgehead atoms. The predicted molar refractivity (Wildman–Crippen MR) is 66.0 cm³/mol. The van der Waals surface area contributed by atoms with Gasteiger partial charge in [0.15, 0.2) is 0 Å². The standard InChI is InChI=1S/C10H12Cl2N2O2/c1-2-16-10(15)5-14-9-4-7(12)6(11)3-8(9)13/h3-4,14H,2,5,13H2,1H3. The number of esters is 1. The van der Waals surface area contributed by atoms with E-state index in [1.54, 1.807) is 13.0 Å². The number of rotatable bonds is 4. The van der Waals surface area contributed by atoms with Gasteiger partial charge in [0.25, 0.3) is 0 Å². The van der Waals surface area contributed by atoms with Crippen molar-refractivity contribution in [2.75, 3.05) is 24.2 Å². The molecule has 4 nitrogen and oxygen atoms in total. The van der Waals surface area contributed by atoms with Crippen LogP contribution in [0.1, 0.15) is 6.92 Å². The van der Waals surface area contributed by atoms with Crippen LogP contribution in [0.5, 0.6) is 0 Å². The second kappa shape index (κ2) is 5.82. The highest BCUT2D eigenvalue weighted by atomic mass is 35.5. The van der Waals surface area contributed by atoms with Crippen LogP contribution in [0.3, 0.4) is 0 Å². The molecule has 0 aromatic heterocycles. The van der Waals surface area contributed by atoms with Gasteiger partial charge in [-0.2, -0.15) is 0 Å². The summed E-state index contributed by atoms with van der Waals surface area (Å²) in [6.07, 6.45) is 0. The molecule has 0 fully saturated rings. The third-order valence-electron chi connectivity index (χ3n) is 1.82. The Balaban J connectivity index is 2.67. The molecular formula is C10H12Cl2N2O2. The summed E-state index contributed by atoms with van der Waals surface area (Å²) in [5, 5.41) is 3.58. The van der Waals surface area contributed by atoms with Gasteiger partial charge in [-0.15, -0.1) is 0 Å². The van der Waals surface area contributed by atoms with E-state index in [1.165, 1.54) is 6.07 Å². The topological polar surface area (TPSA) is 64.3 Å². The van der Waals surface area contributed by atoms with E-state index in [4.69, 9.17) is 33.7 Å². The molecule has 88 valence electrons. The molecule has 0 spiro atoms. The molecule has 0 radical (unpaired) electrons. The Bertz CT molecular complexity index is 397. The van der Waals surface area contributed by atoms with Crippen LogP contribution in [0.4, 0.5) is 11.4 Å². The second-order valence-electron chi connectivity index (χ2n) is 3.01. The number of nitrogens with one attached hydrogen (secondary N) is 1. The smallest absolute Gasteiger partial charge is 0.325 e. The quantitative estimate of drug-likeness (QED) is 0.647. The highest BCUT2D eigenvalue weighted by Crippen LogP contribution is 2.30. The SMILES string of the molecule is CCOC(=O)CNc1cc(Cl)c(Cl)cc1N. The van der Waals surface area contributed by atoms with Gasteiger partial charge in [0.2, 0.25) is 0 Å². The van der Waals surface area contributed by atoms with Crippen molar-refractivity contribution in [3.8, 4) is 0 Å². The lowest BCUT2D eigenvalue weighted by Crippen LogP contribution is -2.17. The average Bonchev–Trinajstić information content (AvgIpc) is 2.22. The van der Waals surface area contributed by atoms with E-state index in [0.29, 0.717) is 28.0 Å². The van der Waals surface area contributed by atoms with Crippen LogP contribution in [-0.2, 0) is 9.53 Å². The van der Waals surface area contributed by atoms with Crippen LogP contribution in [-0.4, -0.2) is 19.1 Å². The third kappa shape index (κ3) is 3.47. The van der Waals surface area contributed by atoms with Gasteiger partial charge >= 0.3 is 5.97 Å². The molecule has 1 rings (SSSR count). The fourth-order valence-electron chi connectivity index (χ4n) is 1.09. The largest absolute Gasteiger partial charge is 0.465 e. The molecule has 1 aromatic carbocycles. The number of benzene rings is 1. The Morgan fingerprint density at radius 1 is 1.44 bits per heavy atom. The lowest BCUT2D eigenvalue weighted by molar-refractivity contribution is -0.140. The summed E-state index contributed by atoms with van der Waals surface area (Å²) < 4.78 is 4.76. The molecule has 0 heterocycles. The zero-order valence-corrected chi connectivity index (χ0v) is 10.2. The van der Waals surface area contributed by atoms with Crippen LogP contribution in [0.25, 0.3) is 0 Å². The van der Waals surface area contributed by atoms with Crippen molar-refractivity contribution in [3.63, 3.8) is 0 Å². The number of carbonyl (C=O) groups is 1. The van der Waals surface area contributed by atoms with Gasteiger partial charge in [0.05, 0.1) is 28.0 Å². The minimum absolute atomic E-state index is 0.0377. The maximum absolute atomic E-state index is 11.1. The summed E-state index contributed by atoms with van der Waals surface area (Å²) in [6, 6.07) is 3.09. The Morgan fingerprint density at radius 2 is 2.06 bits per heavy atom. The number of ether oxygens (including phenoxy) is 1. The average molecular weight is 263 g/mol. The number of hydrogen-bond acceptors (Lipinski definition) is 4. The molecule has 0 aliphatic rings. The van der Waals surface area contributed by atoms with E-state index in [0.717, 1.165) is 0 Å². The van der Waals surface area contributed by atoms with E-state index in [9.17, 15) is 4.79 Å². The fraction of sp³-hybridized carbons (Fsp3) is 0.300. The molecule has 0 atom stereocenters. The third-order valence-corrected chi connectivity index (χ3v) is 2.54. The predicted octanol–water partition coefficient (Wildman–Crippen LogP) is 2.55. The highest BCUT2D eigenvalue weighted by Gasteiger charge is 2.07. The van der Waals surface area contributed by atoms with Gasteiger partial charge in [-0.05, 0) is 19.1 Å². The number of nitrogens with two attached hydrogens (primary N) is 1. The van der Waals surface area contributed by atoms with Crippen molar-refractivity contribution in [3.05, 3.63) is 22.2 Å². The molecule has 0 aliphatic carbocycles. The minimum atomic E-state index is -0.354. The number of carbonyl (C=O) groups excluding carboxylic acids is 1. The minimum Gasteiger partial charge on any atom is -0.465 e. The monoisotopic (exact) mass is 262 g/mol. The Hall–Kier alpha value is -1.13. The van der Waals surface area contributed by atoms with Crippen LogP contribution in [0.2, 0.25) is 10.0 Å². The summed E-state index contributed by atoms with van der Waals surface area (Å²) >= 11 is 11.6. The number of halogens is 2. The van der Waals surface area contributed by atoms with E-state index >= 15 is 0 Å². The summed E-state index contributed by atoms with van der Waals surface area (Å²) in [6.45, 7) is 2.12. The lowest BCUT2D eigenvalue weighted by Gasteiger charge is -2.10. The Morgan fingerprint density at radius 3 is 2.69 bits per heavy atom. The van der Waals surface area contributed by atoms with Gasteiger partial charge in [0, 0.05) is 0 Å². The first kappa shape index (κ1) is 12.9. The normalized spacial score (nSPS) is 9.94. The van der Waals surface area contributed by atoms with Gasteiger partial charge in [-0.1, -0.05) is 23.2 Å². The molecule has 0 saturated carbocycles. The van der Waals surface area contributed by atoms with Crippen LogP contribution >= 0.6 is 23.2 Å². The van der Waals surface area contributed by atoms with E-state index in [1.807, 2.05) is 0 Å². The van der Waals surface area contributed by atoms with E-state index in [2.05, 4.69) is 5.32 Å². The lowest BCUT2D eigenvalue weighted by atomic mass is 10.2. The zero-order chi connectivity index (χ0) is 12.1. The summed E-state index contributed by atoms with van der Waals surface area (Å²) in [5.74, 6) is -0.354. The van der Waals surface area contributed by atoms with Gasteiger partial charge in [-0.3, -0.25) is 4.79 Å². The van der Waals surface area contributed by atoms with E-state index < -0.39 is 0 Å². The number of nitrogen functional groups attached to an aromatic ring is 1. The van der Waals surface area contributed by atoms with Gasteiger partial charge in [-0.25, -0.2) is 0 Å². The van der Waals surface area contributed by atoms with Crippen molar-refractivity contribution in [1.82, 2.24) is 0 Å². The molecule has 0 saturated heterocycles. The van der Waals surface area contributed by atoms with Crippen molar-refractivity contribution >= 4 is 40.5 Å². The molecule has 0 aliphatic heterocycles. The summed E-state index contributed by atoms with van der Waals surface area (Å²) in [4.78, 5) is 11.1.